The van der Waals surface area contributed by atoms with Gasteiger partial charge in [-0.2, -0.15) is 0 Å². The van der Waals surface area contributed by atoms with Crippen LogP contribution in [-0.4, -0.2) is 24.7 Å². The maximum Gasteiger partial charge on any atom is 0.263 e. The van der Waals surface area contributed by atoms with Crippen molar-refractivity contribution in [3.8, 4) is 0 Å². The third-order valence-electron chi connectivity index (χ3n) is 3.06. The molecule has 1 aromatic carbocycles. The van der Waals surface area contributed by atoms with Crippen LogP contribution in [0.5, 0.6) is 0 Å². The summed E-state index contributed by atoms with van der Waals surface area (Å²) in [4.78, 5) is 11.3. The van der Waals surface area contributed by atoms with E-state index in [0.717, 1.165) is 16.5 Å². The van der Waals surface area contributed by atoms with Crippen molar-refractivity contribution >= 4 is 21.8 Å². The van der Waals surface area contributed by atoms with Gasteiger partial charge in [-0.25, -0.2) is 5.84 Å². The summed E-state index contributed by atoms with van der Waals surface area (Å²) in [5.74, 6) is 4.80. The van der Waals surface area contributed by atoms with Crippen LogP contribution in [0.1, 0.15) is 18.4 Å². The average molecular weight is 329 g/mol. The number of carbonyl (C=O) groups is 1. The monoisotopic (exact) mass is 328 g/mol. The molecule has 0 spiro atoms. The van der Waals surface area contributed by atoms with Crippen LogP contribution >= 0.6 is 15.9 Å². The second-order valence-electron chi connectivity index (χ2n) is 4.44. The van der Waals surface area contributed by atoms with Crippen LogP contribution in [-0.2, 0) is 20.9 Å². The lowest BCUT2D eigenvalue weighted by Gasteiger charge is -2.13. The number of hydrogen-bond donors (Lipinski definition) is 2. The first-order chi connectivity index (χ1) is 9.20. The molecule has 3 N–H and O–H groups in total. The van der Waals surface area contributed by atoms with Crippen LogP contribution in [0.4, 0.5) is 0 Å². The molecule has 1 heterocycles. The third kappa shape index (κ3) is 4.01. The van der Waals surface area contributed by atoms with E-state index in [9.17, 15) is 4.79 Å². The van der Waals surface area contributed by atoms with Crippen LogP contribution in [0.25, 0.3) is 0 Å². The van der Waals surface area contributed by atoms with E-state index in [2.05, 4.69) is 21.4 Å². The zero-order valence-electron chi connectivity index (χ0n) is 10.5. The number of amides is 1. The van der Waals surface area contributed by atoms with Crippen molar-refractivity contribution < 1.29 is 14.3 Å². The molecule has 6 heteroatoms. The van der Waals surface area contributed by atoms with Crippen LogP contribution < -0.4 is 11.3 Å². The predicted molar refractivity (Wildman–Crippen MR) is 74.0 cm³/mol. The lowest BCUT2D eigenvalue weighted by Crippen LogP contribution is -2.39. The van der Waals surface area contributed by atoms with Gasteiger partial charge in [0.05, 0.1) is 19.3 Å². The highest BCUT2D eigenvalue weighted by Crippen LogP contribution is 2.21. The molecule has 0 saturated carbocycles. The van der Waals surface area contributed by atoms with Crippen molar-refractivity contribution in [2.75, 3.05) is 6.61 Å². The lowest BCUT2D eigenvalue weighted by molar-refractivity contribution is -0.133. The molecule has 104 valence electrons. The van der Waals surface area contributed by atoms with Crippen molar-refractivity contribution in [1.82, 2.24) is 5.43 Å². The second-order valence-corrected chi connectivity index (χ2v) is 5.29. The molecule has 1 aliphatic rings. The van der Waals surface area contributed by atoms with Crippen molar-refractivity contribution in [1.29, 1.82) is 0 Å². The van der Waals surface area contributed by atoms with E-state index in [1.807, 2.05) is 24.3 Å². The molecule has 5 nitrogen and oxygen atoms in total. The fourth-order valence-electron chi connectivity index (χ4n) is 2.03. The first-order valence-corrected chi connectivity index (χ1v) is 6.97. The molecule has 2 rings (SSSR count). The summed E-state index contributed by atoms with van der Waals surface area (Å²) in [5, 5.41) is 0. The summed E-state index contributed by atoms with van der Waals surface area (Å²) in [6.07, 6.45) is 1.02. The number of hydrogen-bond acceptors (Lipinski definition) is 4. The lowest BCUT2D eigenvalue weighted by atomic mass is 10.2. The fourth-order valence-corrected chi connectivity index (χ4v) is 2.43. The highest BCUT2D eigenvalue weighted by atomic mass is 79.9. The molecule has 1 saturated heterocycles. The largest absolute Gasteiger partial charge is 0.374 e. The number of nitrogens with one attached hydrogen (secondary N) is 1. The van der Waals surface area contributed by atoms with Gasteiger partial charge in [0.2, 0.25) is 0 Å². The number of halogens is 1. The summed E-state index contributed by atoms with van der Waals surface area (Å²) in [6.45, 7) is 1.00. The molecular weight excluding hydrogens is 312 g/mol. The Bertz CT molecular complexity index is 442. The maximum atomic E-state index is 11.3. The zero-order chi connectivity index (χ0) is 13.7. The number of nitrogens with two attached hydrogens (primary N) is 1. The van der Waals surface area contributed by atoms with E-state index in [1.165, 1.54) is 0 Å². The molecule has 1 aromatic rings. The molecule has 1 aliphatic heterocycles. The van der Waals surface area contributed by atoms with Crippen LogP contribution in [0, 0.1) is 0 Å². The summed E-state index contributed by atoms with van der Waals surface area (Å²) in [5.41, 5.74) is 3.20. The Labute approximate surface area is 120 Å². The van der Waals surface area contributed by atoms with Gasteiger partial charge in [-0.3, -0.25) is 10.2 Å². The Morgan fingerprint density at radius 3 is 3.00 bits per heavy atom. The van der Waals surface area contributed by atoms with Gasteiger partial charge in [-0.15, -0.1) is 0 Å². The molecule has 0 aliphatic carbocycles. The van der Waals surface area contributed by atoms with Crippen LogP contribution in [0.3, 0.4) is 0 Å². The van der Waals surface area contributed by atoms with Gasteiger partial charge < -0.3 is 9.47 Å². The van der Waals surface area contributed by atoms with Crippen molar-refractivity contribution in [3.05, 3.63) is 34.3 Å². The Hall–Kier alpha value is -0.950. The minimum Gasteiger partial charge on any atom is -0.374 e. The van der Waals surface area contributed by atoms with Crippen LogP contribution in [0.15, 0.2) is 28.7 Å². The third-order valence-corrected chi connectivity index (χ3v) is 3.84. The van der Waals surface area contributed by atoms with E-state index < -0.39 is 6.10 Å². The Morgan fingerprint density at radius 2 is 2.26 bits per heavy atom. The smallest absolute Gasteiger partial charge is 0.263 e. The van der Waals surface area contributed by atoms with Crippen LogP contribution in [0.2, 0.25) is 0 Å². The van der Waals surface area contributed by atoms with Gasteiger partial charge in [0.1, 0.15) is 6.10 Å². The van der Waals surface area contributed by atoms with E-state index in [0.29, 0.717) is 19.6 Å². The second kappa shape index (κ2) is 7.00. The minimum atomic E-state index is -0.443. The standard InChI is InChI=1S/C13H17BrN2O3/c14-11-4-2-1-3-9(11)7-18-8-10-5-6-12(19-10)13(17)16-15/h1-4,10,12H,5-8,15H2,(H,16,17). The van der Waals surface area contributed by atoms with Gasteiger partial charge in [0.15, 0.2) is 0 Å². The molecule has 1 fully saturated rings. The van der Waals surface area contributed by atoms with Crippen molar-refractivity contribution in [2.45, 2.75) is 31.7 Å². The Balaban J connectivity index is 1.73. The first-order valence-electron chi connectivity index (χ1n) is 6.17. The number of carbonyl (C=O) groups excluding carboxylic acids is 1. The number of rotatable bonds is 5. The molecule has 1 amide bonds. The van der Waals surface area contributed by atoms with E-state index >= 15 is 0 Å². The van der Waals surface area contributed by atoms with Gasteiger partial charge in [-0.1, -0.05) is 34.1 Å². The van der Waals surface area contributed by atoms with Gasteiger partial charge in [0.25, 0.3) is 5.91 Å². The Kier molecular flexibility index (Phi) is 5.33. The zero-order valence-corrected chi connectivity index (χ0v) is 12.1. The highest BCUT2D eigenvalue weighted by molar-refractivity contribution is 9.10. The Morgan fingerprint density at radius 1 is 1.47 bits per heavy atom. The summed E-state index contributed by atoms with van der Waals surface area (Å²) < 4.78 is 12.2. The first kappa shape index (κ1) is 14.5. The van der Waals surface area contributed by atoms with Gasteiger partial charge >= 0.3 is 0 Å². The van der Waals surface area contributed by atoms with E-state index in [1.54, 1.807) is 0 Å². The molecule has 2 unspecified atom stereocenters. The van der Waals surface area contributed by atoms with Gasteiger partial charge in [0, 0.05) is 4.47 Å². The van der Waals surface area contributed by atoms with E-state index in [-0.39, 0.29) is 12.0 Å². The summed E-state index contributed by atoms with van der Waals surface area (Å²) in [7, 11) is 0. The molecular formula is C13H17BrN2O3. The fraction of sp³-hybridized carbons (Fsp3) is 0.462. The summed E-state index contributed by atoms with van der Waals surface area (Å²) in [6, 6.07) is 7.91. The van der Waals surface area contributed by atoms with Crippen molar-refractivity contribution in [3.63, 3.8) is 0 Å². The minimum absolute atomic E-state index is 0.0372. The van der Waals surface area contributed by atoms with E-state index in [4.69, 9.17) is 15.3 Å². The topological polar surface area (TPSA) is 73.6 Å². The van der Waals surface area contributed by atoms with Crippen molar-refractivity contribution in [2.24, 2.45) is 5.84 Å². The highest BCUT2D eigenvalue weighted by Gasteiger charge is 2.30. The number of benzene rings is 1. The molecule has 0 bridgehead atoms. The summed E-state index contributed by atoms with van der Waals surface area (Å²) >= 11 is 3.47. The normalized spacial score (nSPS) is 22.4. The van der Waals surface area contributed by atoms with Gasteiger partial charge in [-0.05, 0) is 24.5 Å². The number of hydrazine groups is 1. The molecule has 0 aromatic heterocycles. The molecule has 0 radical (unpaired) electrons. The predicted octanol–water partition coefficient (Wildman–Crippen LogP) is 1.50. The number of ether oxygens (including phenoxy) is 2. The molecule has 19 heavy (non-hydrogen) atoms. The SMILES string of the molecule is NNC(=O)C1CCC(COCc2ccccc2Br)O1. The maximum absolute atomic E-state index is 11.3. The molecule has 2 atom stereocenters. The average Bonchev–Trinajstić information content (AvgIpc) is 2.89. The quantitative estimate of drug-likeness (QED) is 0.488.